The van der Waals surface area contributed by atoms with E-state index in [4.69, 9.17) is 34.8 Å². The lowest BCUT2D eigenvalue weighted by molar-refractivity contribution is -0.137. The molecule has 0 aliphatic heterocycles. The van der Waals surface area contributed by atoms with Crippen molar-refractivity contribution in [2.45, 2.75) is 11.1 Å². The van der Waals surface area contributed by atoms with Gasteiger partial charge in [-0.05, 0) is 42.5 Å². The molecule has 2 aromatic carbocycles. The number of benzene rings is 2. The third kappa shape index (κ3) is 6.19. The van der Waals surface area contributed by atoms with Gasteiger partial charge in [-0.2, -0.15) is 13.2 Å². The lowest BCUT2D eigenvalue weighted by Gasteiger charge is -2.15. The second-order valence-corrected chi connectivity index (χ2v) is 9.96. The fourth-order valence-corrected chi connectivity index (χ4v) is 4.56. The van der Waals surface area contributed by atoms with Crippen molar-refractivity contribution in [2.75, 3.05) is 17.1 Å². The molecule has 36 heavy (non-hydrogen) atoms. The molecule has 0 saturated carbocycles. The number of aromatic nitrogens is 1. The first-order chi connectivity index (χ1) is 16.7. The Balaban J connectivity index is 2.04. The summed E-state index contributed by atoms with van der Waals surface area (Å²) in [5.74, 6) is -0.859. The van der Waals surface area contributed by atoms with E-state index >= 15 is 0 Å². The number of sulfonamides is 1. The molecule has 0 unspecified atom stereocenters. The Hall–Kier alpha value is -3.06. The second kappa shape index (κ2) is 10.5. The van der Waals surface area contributed by atoms with E-state index in [2.05, 4.69) is 15.6 Å². The molecular formula is C21H14Cl3F3N4O4S. The van der Waals surface area contributed by atoms with Crippen LogP contribution in [0.4, 0.5) is 29.3 Å². The quantitative estimate of drug-likeness (QED) is 0.316. The summed E-state index contributed by atoms with van der Waals surface area (Å²) in [6, 6.07) is 6.47. The standard InChI is InChI=1S/C21H14Cl3F3N4O4S/c1-28-20(33)30-11-2-4-15(23)13(7-11)19(32)18-17(6-10(22)9-29-18)31-36(34,35)12-3-5-16(24)14(8-12)21(25,26)27/h2-9,31H,1H3,(H2,28,30,33). The average molecular weight is 582 g/mol. The minimum absolute atomic E-state index is 0.0412. The van der Waals surface area contributed by atoms with E-state index in [1.54, 1.807) is 0 Å². The Bertz CT molecular complexity index is 1470. The van der Waals surface area contributed by atoms with Crippen LogP contribution in [0.1, 0.15) is 21.6 Å². The van der Waals surface area contributed by atoms with Gasteiger partial charge in [0.1, 0.15) is 5.69 Å². The third-order valence-corrected chi connectivity index (χ3v) is 6.79. The fraction of sp³-hybridized carbons (Fsp3) is 0.0952. The molecule has 0 saturated heterocycles. The van der Waals surface area contributed by atoms with E-state index in [0.717, 1.165) is 24.4 Å². The van der Waals surface area contributed by atoms with Gasteiger partial charge in [-0.1, -0.05) is 34.8 Å². The first kappa shape index (κ1) is 27.5. The van der Waals surface area contributed by atoms with Gasteiger partial charge in [0.2, 0.25) is 5.78 Å². The van der Waals surface area contributed by atoms with Crippen LogP contribution >= 0.6 is 34.8 Å². The maximum atomic E-state index is 13.2. The molecule has 0 aliphatic carbocycles. The first-order valence-corrected chi connectivity index (χ1v) is 12.2. The van der Waals surface area contributed by atoms with Gasteiger partial charge in [-0.3, -0.25) is 9.52 Å². The highest BCUT2D eigenvalue weighted by molar-refractivity contribution is 7.92. The van der Waals surface area contributed by atoms with Gasteiger partial charge in [0.15, 0.2) is 0 Å². The van der Waals surface area contributed by atoms with Gasteiger partial charge in [0, 0.05) is 24.5 Å². The molecule has 2 amide bonds. The molecule has 15 heteroatoms. The molecule has 0 bridgehead atoms. The number of pyridine rings is 1. The predicted octanol–water partition coefficient (Wildman–Crippen LogP) is 5.84. The highest BCUT2D eigenvalue weighted by Crippen LogP contribution is 2.36. The summed E-state index contributed by atoms with van der Waals surface area (Å²) in [5.41, 5.74) is -2.19. The summed E-state index contributed by atoms with van der Waals surface area (Å²) in [4.78, 5) is 27.9. The molecular weight excluding hydrogens is 568 g/mol. The highest BCUT2D eigenvalue weighted by atomic mass is 35.5. The number of urea groups is 1. The number of anilines is 2. The van der Waals surface area contributed by atoms with Crippen molar-refractivity contribution < 1.29 is 31.2 Å². The number of nitrogens with one attached hydrogen (secondary N) is 3. The molecule has 0 atom stereocenters. The summed E-state index contributed by atoms with van der Waals surface area (Å²) >= 11 is 17.6. The minimum atomic E-state index is -4.91. The van der Waals surface area contributed by atoms with Crippen molar-refractivity contribution in [3.05, 3.63) is 80.6 Å². The molecule has 0 fully saturated rings. The van der Waals surface area contributed by atoms with Crippen LogP contribution in [0.2, 0.25) is 15.1 Å². The number of hydrogen-bond donors (Lipinski definition) is 3. The number of halogens is 6. The van der Waals surface area contributed by atoms with Crippen molar-refractivity contribution in [1.29, 1.82) is 0 Å². The lowest BCUT2D eigenvalue weighted by Crippen LogP contribution is -2.24. The largest absolute Gasteiger partial charge is 0.417 e. The van der Waals surface area contributed by atoms with E-state index in [1.165, 1.54) is 25.2 Å². The van der Waals surface area contributed by atoms with E-state index in [9.17, 15) is 31.2 Å². The van der Waals surface area contributed by atoms with Crippen molar-refractivity contribution in [3.63, 3.8) is 0 Å². The molecule has 8 nitrogen and oxygen atoms in total. The van der Waals surface area contributed by atoms with E-state index in [-0.39, 0.29) is 21.3 Å². The van der Waals surface area contributed by atoms with Crippen LogP contribution in [-0.4, -0.2) is 32.3 Å². The highest BCUT2D eigenvalue weighted by Gasteiger charge is 2.35. The number of hydrogen-bond acceptors (Lipinski definition) is 5. The SMILES string of the molecule is CNC(=O)Nc1ccc(Cl)c(C(=O)c2ncc(Cl)cc2NS(=O)(=O)c2ccc(Cl)c(C(F)(F)F)c2)c1. The summed E-state index contributed by atoms with van der Waals surface area (Å²) in [5, 5.41) is 3.98. The third-order valence-electron chi connectivity index (χ3n) is 4.56. The average Bonchev–Trinajstić information content (AvgIpc) is 2.79. The van der Waals surface area contributed by atoms with Gasteiger partial charge < -0.3 is 10.6 Å². The van der Waals surface area contributed by atoms with Crippen LogP contribution in [0.15, 0.2) is 53.6 Å². The van der Waals surface area contributed by atoms with Crippen molar-refractivity contribution in [3.8, 4) is 0 Å². The number of amides is 2. The van der Waals surface area contributed by atoms with Gasteiger partial charge in [-0.15, -0.1) is 0 Å². The Labute approximate surface area is 217 Å². The van der Waals surface area contributed by atoms with Gasteiger partial charge in [-0.25, -0.2) is 18.2 Å². The van der Waals surface area contributed by atoms with Crippen LogP contribution in [-0.2, 0) is 16.2 Å². The number of alkyl halides is 3. The van der Waals surface area contributed by atoms with Crippen molar-refractivity contribution >= 4 is 68.0 Å². The molecule has 3 N–H and O–H groups in total. The number of ketones is 1. The minimum Gasteiger partial charge on any atom is -0.341 e. The Morgan fingerprint density at radius 1 is 0.972 bits per heavy atom. The van der Waals surface area contributed by atoms with Crippen LogP contribution in [0.25, 0.3) is 0 Å². The van der Waals surface area contributed by atoms with Gasteiger partial charge in [0.05, 0.1) is 31.2 Å². The molecule has 0 radical (unpaired) electrons. The lowest BCUT2D eigenvalue weighted by atomic mass is 10.1. The van der Waals surface area contributed by atoms with E-state index < -0.39 is 54.9 Å². The monoisotopic (exact) mass is 580 g/mol. The number of carbonyl (C=O) groups excluding carboxylic acids is 2. The van der Waals surface area contributed by atoms with Crippen LogP contribution in [0.5, 0.6) is 0 Å². The molecule has 3 rings (SSSR count). The van der Waals surface area contributed by atoms with E-state index in [0.29, 0.717) is 6.07 Å². The van der Waals surface area contributed by atoms with Crippen molar-refractivity contribution in [2.24, 2.45) is 0 Å². The maximum Gasteiger partial charge on any atom is 0.417 e. The summed E-state index contributed by atoms with van der Waals surface area (Å²) in [7, 11) is -3.28. The normalized spacial score (nSPS) is 11.6. The zero-order valence-corrected chi connectivity index (χ0v) is 21.0. The van der Waals surface area contributed by atoms with E-state index in [1.807, 2.05) is 4.72 Å². The molecule has 0 aliphatic rings. The predicted molar refractivity (Wildman–Crippen MR) is 129 cm³/mol. The summed E-state index contributed by atoms with van der Waals surface area (Å²) in [6.45, 7) is 0. The Kier molecular flexibility index (Phi) is 8.04. The number of nitrogens with zero attached hydrogens (tertiary/aromatic N) is 1. The first-order valence-electron chi connectivity index (χ1n) is 9.61. The Morgan fingerprint density at radius 3 is 2.28 bits per heavy atom. The van der Waals surface area contributed by atoms with Crippen molar-refractivity contribution in [1.82, 2.24) is 10.3 Å². The van der Waals surface area contributed by atoms with Gasteiger partial charge >= 0.3 is 12.2 Å². The maximum absolute atomic E-state index is 13.2. The van der Waals surface area contributed by atoms with Crippen LogP contribution in [0.3, 0.4) is 0 Å². The molecule has 0 spiro atoms. The molecule has 1 aromatic heterocycles. The number of carbonyl (C=O) groups is 2. The zero-order chi connectivity index (χ0) is 26.8. The topological polar surface area (TPSA) is 117 Å². The zero-order valence-electron chi connectivity index (χ0n) is 17.9. The van der Waals surface area contributed by atoms with Crippen LogP contribution < -0.4 is 15.4 Å². The van der Waals surface area contributed by atoms with Crippen LogP contribution in [0, 0.1) is 0 Å². The second-order valence-electron chi connectivity index (χ2n) is 7.02. The summed E-state index contributed by atoms with van der Waals surface area (Å²) in [6.07, 6.45) is -3.84. The summed E-state index contributed by atoms with van der Waals surface area (Å²) < 4.78 is 67.5. The number of rotatable bonds is 6. The smallest absolute Gasteiger partial charge is 0.341 e. The molecule has 190 valence electrons. The Morgan fingerprint density at radius 2 is 1.64 bits per heavy atom. The van der Waals surface area contributed by atoms with Gasteiger partial charge in [0.25, 0.3) is 10.0 Å². The molecule has 3 aromatic rings. The molecule has 1 heterocycles. The fourth-order valence-electron chi connectivity index (χ4n) is 2.89.